The van der Waals surface area contributed by atoms with Crippen LogP contribution in [0.25, 0.3) is 0 Å². The van der Waals surface area contributed by atoms with Crippen LogP contribution >= 0.6 is 0 Å². The van der Waals surface area contributed by atoms with Crippen molar-refractivity contribution < 1.29 is 4.79 Å². The first kappa shape index (κ1) is 13.1. The Morgan fingerprint density at radius 1 is 1.22 bits per heavy atom. The fourth-order valence-corrected chi connectivity index (χ4v) is 2.67. The summed E-state index contributed by atoms with van der Waals surface area (Å²) in [5.41, 5.74) is 7.52. The van der Waals surface area contributed by atoms with Gasteiger partial charge in [-0.1, -0.05) is 37.5 Å². The quantitative estimate of drug-likeness (QED) is 0.858. The number of carbonyl (C=O) groups excluding carboxylic acids is 1. The van der Waals surface area contributed by atoms with E-state index in [1.165, 1.54) is 32.1 Å². The fraction of sp³-hybridized carbons (Fsp3) is 0.533. The van der Waals surface area contributed by atoms with E-state index >= 15 is 0 Å². The number of amides is 1. The van der Waals surface area contributed by atoms with Crippen LogP contribution in [-0.2, 0) is 11.3 Å². The fourth-order valence-electron chi connectivity index (χ4n) is 2.67. The van der Waals surface area contributed by atoms with Crippen LogP contribution in [0.2, 0.25) is 0 Å². The van der Waals surface area contributed by atoms with Gasteiger partial charge in [-0.05, 0) is 30.4 Å². The van der Waals surface area contributed by atoms with E-state index in [0.29, 0.717) is 18.9 Å². The Kier molecular flexibility index (Phi) is 4.76. The van der Waals surface area contributed by atoms with Crippen LogP contribution in [0.5, 0.6) is 0 Å². The normalized spacial score (nSPS) is 16.5. The zero-order chi connectivity index (χ0) is 12.8. The first-order valence-electron chi connectivity index (χ1n) is 6.87. The topological polar surface area (TPSA) is 55.1 Å². The molecule has 0 aromatic heterocycles. The minimum atomic E-state index is 0.128. The monoisotopic (exact) mass is 246 g/mol. The molecule has 1 aliphatic carbocycles. The molecule has 2 rings (SSSR count). The smallest absolute Gasteiger partial charge is 0.224 e. The number of anilines is 1. The number of nitrogens with two attached hydrogens (primary N) is 1. The molecule has 1 aromatic rings. The van der Waals surface area contributed by atoms with Crippen molar-refractivity contribution in [3.8, 4) is 0 Å². The number of para-hydroxylation sites is 1. The number of hydrogen-bond acceptors (Lipinski definition) is 2. The molecule has 1 saturated carbocycles. The van der Waals surface area contributed by atoms with Gasteiger partial charge in [0, 0.05) is 18.7 Å². The Morgan fingerprint density at radius 2 is 1.94 bits per heavy atom. The highest BCUT2D eigenvalue weighted by Crippen LogP contribution is 2.26. The molecule has 0 radical (unpaired) electrons. The van der Waals surface area contributed by atoms with Crippen LogP contribution in [0.15, 0.2) is 24.3 Å². The standard InChI is InChI=1S/C15H22N2O/c16-11-13-8-4-5-9-14(13)17-15(18)10-12-6-2-1-3-7-12/h4-5,8-9,12H,1-3,6-7,10-11,16H2,(H,17,18). The zero-order valence-electron chi connectivity index (χ0n) is 10.8. The summed E-state index contributed by atoms with van der Waals surface area (Å²) in [7, 11) is 0. The number of nitrogens with one attached hydrogen (secondary N) is 1. The second kappa shape index (κ2) is 6.55. The van der Waals surface area contributed by atoms with Crippen LogP contribution in [0.3, 0.4) is 0 Å². The molecule has 3 N–H and O–H groups in total. The summed E-state index contributed by atoms with van der Waals surface area (Å²) in [5.74, 6) is 0.701. The summed E-state index contributed by atoms with van der Waals surface area (Å²) in [6, 6.07) is 7.74. The van der Waals surface area contributed by atoms with Crippen molar-refractivity contribution in [2.24, 2.45) is 11.7 Å². The van der Waals surface area contributed by atoms with Gasteiger partial charge in [0.05, 0.1) is 0 Å². The molecular formula is C15H22N2O. The summed E-state index contributed by atoms with van der Waals surface area (Å²) in [4.78, 5) is 12.0. The summed E-state index contributed by atoms with van der Waals surface area (Å²) in [6.07, 6.45) is 6.93. The Hall–Kier alpha value is -1.35. The second-order valence-corrected chi connectivity index (χ2v) is 5.12. The largest absolute Gasteiger partial charge is 0.326 e. The highest BCUT2D eigenvalue weighted by molar-refractivity contribution is 5.91. The lowest BCUT2D eigenvalue weighted by Gasteiger charge is -2.21. The summed E-state index contributed by atoms with van der Waals surface area (Å²) in [6.45, 7) is 0.458. The van der Waals surface area contributed by atoms with Gasteiger partial charge in [-0.15, -0.1) is 0 Å². The lowest BCUT2D eigenvalue weighted by atomic mass is 9.87. The van der Waals surface area contributed by atoms with E-state index in [0.717, 1.165) is 11.3 Å². The first-order valence-corrected chi connectivity index (χ1v) is 6.87. The van der Waals surface area contributed by atoms with Gasteiger partial charge >= 0.3 is 0 Å². The molecule has 0 bridgehead atoms. The molecule has 1 amide bonds. The number of carbonyl (C=O) groups is 1. The molecule has 98 valence electrons. The van der Waals surface area contributed by atoms with Gasteiger partial charge in [0.15, 0.2) is 0 Å². The average molecular weight is 246 g/mol. The highest BCUT2D eigenvalue weighted by Gasteiger charge is 2.17. The number of hydrogen-bond donors (Lipinski definition) is 2. The maximum Gasteiger partial charge on any atom is 0.224 e. The lowest BCUT2D eigenvalue weighted by molar-refractivity contribution is -0.117. The third-order valence-electron chi connectivity index (χ3n) is 3.71. The average Bonchev–Trinajstić information content (AvgIpc) is 2.40. The molecule has 0 spiro atoms. The molecule has 1 fully saturated rings. The van der Waals surface area contributed by atoms with Crippen LogP contribution in [0, 0.1) is 5.92 Å². The van der Waals surface area contributed by atoms with Gasteiger partial charge in [-0.25, -0.2) is 0 Å². The molecule has 1 aliphatic rings. The molecule has 0 unspecified atom stereocenters. The van der Waals surface area contributed by atoms with Gasteiger partial charge in [0.2, 0.25) is 5.91 Å². The summed E-state index contributed by atoms with van der Waals surface area (Å²) < 4.78 is 0. The van der Waals surface area contributed by atoms with Crippen molar-refractivity contribution in [1.29, 1.82) is 0 Å². The summed E-state index contributed by atoms with van der Waals surface area (Å²) >= 11 is 0. The molecule has 18 heavy (non-hydrogen) atoms. The molecule has 0 saturated heterocycles. The van der Waals surface area contributed by atoms with Crippen molar-refractivity contribution in [2.75, 3.05) is 5.32 Å². The van der Waals surface area contributed by atoms with E-state index in [1.54, 1.807) is 0 Å². The second-order valence-electron chi connectivity index (χ2n) is 5.12. The number of rotatable bonds is 4. The minimum absolute atomic E-state index is 0.128. The Balaban J connectivity index is 1.90. The lowest BCUT2D eigenvalue weighted by Crippen LogP contribution is -2.19. The zero-order valence-corrected chi connectivity index (χ0v) is 10.8. The number of benzene rings is 1. The Morgan fingerprint density at radius 3 is 2.67 bits per heavy atom. The van der Waals surface area contributed by atoms with Gasteiger partial charge in [-0.2, -0.15) is 0 Å². The summed E-state index contributed by atoms with van der Waals surface area (Å²) in [5, 5.41) is 2.99. The molecule has 1 aromatic carbocycles. The van der Waals surface area contributed by atoms with Crippen LogP contribution in [-0.4, -0.2) is 5.91 Å². The third kappa shape index (κ3) is 3.57. The SMILES string of the molecule is NCc1ccccc1NC(=O)CC1CCCCC1. The van der Waals surface area contributed by atoms with Crippen molar-refractivity contribution in [2.45, 2.75) is 45.1 Å². The van der Waals surface area contributed by atoms with E-state index < -0.39 is 0 Å². The van der Waals surface area contributed by atoms with Crippen molar-refractivity contribution in [1.82, 2.24) is 0 Å². The van der Waals surface area contributed by atoms with E-state index in [1.807, 2.05) is 24.3 Å². The van der Waals surface area contributed by atoms with Gasteiger partial charge in [0.25, 0.3) is 0 Å². The van der Waals surface area contributed by atoms with Gasteiger partial charge in [-0.3, -0.25) is 4.79 Å². The minimum Gasteiger partial charge on any atom is -0.326 e. The molecule has 3 nitrogen and oxygen atoms in total. The maximum atomic E-state index is 12.0. The van der Waals surface area contributed by atoms with E-state index in [4.69, 9.17) is 5.73 Å². The molecular weight excluding hydrogens is 224 g/mol. The van der Waals surface area contributed by atoms with Gasteiger partial charge < -0.3 is 11.1 Å². The van der Waals surface area contributed by atoms with E-state index in [2.05, 4.69) is 5.32 Å². The predicted molar refractivity (Wildman–Crippen MR) is 74.2 cm³/mol. The maximum absolute atomic E-state index is 12.0. The Bertz CT molecular complexity index is 397. The van der Waals surface area contributed by atoms with Crippen LogP contribution < -0.4 is 11.1 Å². The predicted octanol–water partition coefficient (Wildman–Crippen LogP) is 3.05. The van der Waals surface area contributed by atoms with E-state index in [9.17, 15) is 4.79 Å². The first-order chi connectivity index (χ1) is 8.79. The van der Waals surface area contributed by atoms with Crippen LogP contribution in [0.1, 0.15) is 44.1 Å². The molecule has 0 heterocycles. The molecule has 3 heteroatoms. The van der Waals surface area contributed by atoms with Crippen molar-refractivity contribution in [3.63, 3.8) is 0 Å². The van der Waals surface area contributed by atoms with Gasteiger partial charge in [0.1, 0.15) is 0 Å². The van der Waals surface area contributed by atoms with Crippen LogP contribution in [0.4, 0.5) is 5.69 Å². The highest BCUT2D eigenvalue weighted by atomic mass is 16.1. The van der Waals surface area contributed by atoms with Crippen molar-refractivity contribution in [3.05, 3.63) is 29.8 Å². The molecule has 0 aliphatic heterocycles. The molecule has 0 atom stereocenters. The third-order valence-corrected chi connectivity index (χ3v) is 3.71. The van der Waals surface area contributed by atoms with Crippen molar-refractivity contribution >= 4 is 11.6 Å². The van der Waals surface area contributed by atoms with E-state index in [-0.39, 0.29) is 5.91 Å². The Labute approximate surface area is 109 Å².